The van der Waals surface area contributed by atoms with Crippen molar-refractivity contribution in [2.24, 2.45) is 0 Å². The number of rotatable bonds is 6. The molecule has 9 heteroatoms. The summed E-state index contributed by atoms with van der Waals surface area (Å²) < 4.78 is 25.4. The molecule has 1 saturated heterocycles. The molecule has 0 spiro atoms. The molecule has 0 bridgehead atoms. The SMILES string of the molecule is COC(=O)c1sc2c(-c3ccccc3)c(-c3ccc(Cl)cc3)n(CC(=O)OC(C)(C)C)c2c1C1OCCO1. The number of aromatic nitrogens is 1. The largest absolute Gasteiger partial charge is 0.465 e. The number of carbonyl (C=O) groups is 2. The molecular weight excluding hydrogens is 526 g/mol. The quantitative estimate of drug-likeness (QED) is 0.243. The van der Waals surface area contributed by atoms with Gasteiger partial charge in [0.15, 0.2) is 6.29 Å². The maximum absolute atomic E-state index is 13.3. The Morgan fingerprint density at radius 2 is 1.68 bits per heavy atom. The lowest BCUT2D eigenvalue weighted by Crippen LogP contribution is -2.27. The number of hydrogen-bond donors (Lipinski definition) is 0. The lowest BCUT2D eigenvalue weighted by atomic mass is 10.0. The molecule has 0 unspecified atom stereocenters. The number of methoxy groups -OCH3 is 1. The standard InChI is InChI=1S/C29H28ClNO6S/c1-29(2,3)37-20(32)16-31-23(18-10-12-19(30)13-11-18)21(17-8-6-5-7-9-17)25-24(31)22(28-35-14-15-36-28)26(38-25)27(33)34-4/h5-13,28H,14-16H2,1-4H3. The zero-order valence-corrected chi connectivity index (χ0v) is 23.2. The number of esters is 2. The van der Waals surface area contributed by atoms with Crippen molar-refractivity contribution in [3.63, 3.8) is 0 Å². The van der Waals surface area contributed by atoms with Crippen LogP contribution in [0.25, 0.3) is 32.6 Å². The van der Waals surface area contributed by atoms with Crippen molar-refractivity contribution in [3.8, 4) is 22.4 Å². The summed E-state index contributed by atoms with van der Waals surface area (Å²) in [4.78, 5) is 26.6. The van der Waals surface area contributed by atoms with E-state index < -0.39 is 23.8 Å². The first kappa shape index (κ1) is 26.4. The third kappa shape index (κ3) is 5.09. The van der Waals surface area contributed by atoms with E-state index in [0.717, 1.165) is 27.1 Å². The number of halogens is 1. The fourth-order valence-electron chi connectivity index (χ4n) is 4.66. The average molecular weight is 554 g/mol. The molecule has 0 radical (unpaired) electrons. The van der Waals surface area contributed by atoms with Crippen LogP contribution in [-0.4, -0.2) is 42.4 Å². The number of benzene rings is 2. The van der Waals surface area contributed by atoms with Gasteiger partial charge in [0.05, 0.1) is 41.8 Å². The first-order valence-corrected chi connectivity index (χ1v) is 13.4. The van der Waals surface area contributed by atoms with Gasteiger partial charge in [0, 0.05) is 10.6 Å². The molecule has 5 rings (SSSR count). The second-order valence-corrected chi connectivity index (χ2v) is 11.3. The van der Waals surface area contributed by atoms with Gasteiger partial charge in [-0.15, -0.1) is 11.3 Å². The van der Waals surface area contributed by atoms with Gasteiger partial charge in [-0.05, 0) is 44.0 Å². The van der Waals surface area contributed by atoms with Crippen LogP contribution in [0, 0.1) is 0 Å². The molecule has 4 aromatic rings. The Morgan fingerprint density at radius 1 is 1.03 bits per heavy atom. The zero-order chi connectivity index (χ0) is 27.0. The zero-order valence-electron chi connectivity index (χ0n) is 21.6. The van der Waals surface area contributed by atoms with Crippen LogP contribution in [0.2, 0.25) is 5.02 Å². The summed E-state index contributed by atoms with van der Waals surface area (Å²) in [6.45, 7) is 6.19. The lowest BCUT2D eigenvalue weighted by molar-refractivity contribution is -0.155. The summed E-state index contributed by atoms with van der Waals surface area (Å²) in [5.74, 6) is -0.898. The Bertz CT molecular complexity index is 1480. The number of ether oxygens (including phenoxy) is 4. The van der Waals surface area contributed by atoms with Crippen LogP contribution in [0.15, 0.2) is 54.6 Å². The van der Waals surface area contributed by atoms with Crippen molar-refractivity contribution in [1.29, 1.82) is 0 Å². The van der Waals surface area contributed by atoms with Gasteiger partial charge in [0.1, 0.15) is 17.0 Å². The van der Waals surface area contributed by atoms with Crippen LogP contribution < -0.4 is 0 Å². The molecule has 7 nitrogen and oxygen atoms in total. The molecule has 3 heterocycles. The van der Waals surface area contributed by atoms with Gasteiger partial charge in [-0.3, -0.25) is 4.79 Å². The van der Waals surface area contributed by atoms with Crippen molar-refractivity contribution < 1.29 is 28.5 Å². The number of carbonyl (C=O) groups excluding carboxylic acids is 2. The Balaban J connectivity index is 1.88. The highest BCUT2D eigenvalue weighted by atomic mass is 35.5. The van der Waals surface area contributed by atoms with Gasteiger partial charge >= 0.3 is 11.9 Å². The van der Waals surface area contributed by atoms with Gasteiger partial charge in [0.2, 0.25) is 0 Å². The number of fused-ring (bicyclic) bond motifs is 1. The van der Waals surface area contributed by atoms with Gasteiger partial charge in [-0.1, -0.05) is 54.1 Å². The minimum absolute atomic E-state index is 0.0877. The van der Waals surface area contributed by atoms with Crippen molar-refractivity contribution in [2.45, 2.75) is 39.2 Å². The van der Waals surface area contributed by atoms with E-state index in [1.807, 2.05) is 79.9 Å². The highest BCUT2D eigenvalue weighted by Crippen LogP contribution is 2.49. The second kappa shape index (κ2) is 10.5. The molecule has 1 fully saturated rings. The van der Waals surface area contributed by atoms with Crippen LogP contribution in [0.3, 0.4) is 0 Å². The molecule has 2 aromatic carbocycles. The smallest absolute Gasteiger partial charge is 0.348 e. The minimum Gasteiger partial charge on any atom is -0.465 e. The third-order valence-corrected chi connectivity index (χ3v) is 7.48. The Kier molecular flexibility index (Phi) is 7.33. The Morgan fingerprint density at radius 3 is 2.29 bits per heavy atom. The lowest BCUT2D eigenvalue weighted by Gasteiger charge is -2.21. The predicted octanol–water partition coefficient (Wildman–Crippen LogP) is 6.86. The summed E-state index contributed by atoms with van der Waals surface area (Å²) in [5.41, 5.74) is 4.04. The molecule has 0 N–H and O–H groups in total. The molecule has 2 aromatic heterocycles. The van der Waals surface area contributed by atoms with Gasteiger partial charge in [0.25, 0.3) is 0 Å². The van der Waals surface area contributed by atoms with Crippen LogP contribution in [0.1, 0.15) is 42.3 Å². The summed E-state index contributed by atoms with van der Waals surface area (Å²) in [6, 6.07) is 17.3. The van der Waals surface area contributed by atoms with Gasteiger partial charge in [-0.25, -0.2) is 4.79 Å². The molecule has 0 amide bonds. The van der Waals surface area contributed by atoms with E-state index in [1.54, 1.807) is 0 Å². The molecule has 38 heavy (non-hydrogen) atoms. The van der Waals surface area contributed by atoms with Crippen LogP contribution in [0.5, 0.6) is 0 Å². The van der Waals surface area contributed by atoms with E-state index >= 15 is 0 Å². The van der Waals surface area contributed by atoms with E-state index in [1.165, 1.54) is 18.4 Å². The normalized spacial score (nSPS) is 14.2. The van der Waals surface area contributed by atoms with Crippen LogP contribution in [-0.2, 0) is 30.3 Å². The molecule has 1 aliphatic rings. The Hall–Kier alpha value is -3.17. The van der Waals surface area contributed by atoms with Gasteiger partial charge in [-0.2, -0.15) is 0 Å². The summed E-state index contributed by atoms with van der Waals surface area (Å²) in [7, 11) is 1.35. The summed E-state index contributed by atoms with van der Waals surface area (Å²) >= 11 is 7.53. The summed E-state index contributed by atoms with van der Waals surface area (Å²) in [6.07, 6.45) is -0.771. The van der Waals surface area contributed by atoms with E-state index in [0.29, 0.717) is 34.2 Å². The van der Waals surface area contributed by atoms with E-state index in [4.69, 9.17) is 30.5 Å². The second-order valence-electron chi connectivity index (χ2n) is 9.86. The van der Waals surface area contributed by atoms with Crippen LogP contribution in [0.4, 0.5) is 0 Å². The van der Waals surface area contributed by atoms with E-state index in [2.05, 4.69) is 0 Å². The highest BCUT2D eigenvalue weighted by molar-refractivity contribution is 7.21. The average Bonchev–Trinajstić information content (AvgIpc) is 3.59. The number of hydrogen-bond acceptors (Lipinski definition) is 7. The maximum atomic E-state index is 13.3. The molecule has 0 aliphatic carbocycles. The van der Waals surface area contributed by atoms with Crippen LogP contribution >= 0.6 is 22.9 Å². The Labute approximate surface area is 229 Å². The first-order valence-electron chi connectivity index (χ1n) is 12.2. The van der Waals surface area contributed by atoms with Crippen molar-refractivity contribution in [1.82, 2.24) is 4.57 Å². The number of nitrogens with zero attached hydrogens (tertiary/aromatic N) is 1. The fraction of sp³-hybridized carbons (Fsp3) is 0.310. The van der Waals surface area contributed by atoms with E-state index in [9.17, 15) is 9.59 Å². The van der Waals surface area contributed by atoms with Crippen molar-refractivity contribution >= 4 is 45.1 Å². The predicted molar refractivity (Wildman–Crippen MR) is 148 cm³/mol. The highest BCUT2D eigenvalue weighted by Gasteiger charge is 2.35. The fourth-order valence-corrected chi connectivity index (χ4v) is 6.09. The molecule has 1 aliphatic heterocycles. The molecule has 0 saturated carbocycles. The van der Waals surface area contributed by atoms with E-state index in [-0.39, 0.29) is 6.54 Å². The van der Waals surface area contributed by atoms with Gasteiger partial charge < -0.3 is 23.5 Å². The maximum Gasteiger partial charge on any atom is 0.348 e. The summed E-state index contributed by atoms with van der Waals surface area (Å²) in [5, 5.41) is 0.600. The number of thiophene rings is 1. The van der Waals surface area contributed by atoms with Crippen molar-refractivity contribution in [2.75, 3.05) is 20.3 Å². The molecular formula is C29H28ClNO6S. The molecule has 0 atom stereocenters. The third-order valence-electron chi connectivity index (χ3n) is 6.04. The minimum atomic E-state index is -0.771. The monoisotopic (exact) mass is 553 g/mol. The first-order chi connectivity index (χ1) is 18.2. The van der Waals surface area contributed by atoms with Crippen molar-refractivity contribution in [3.05, 3.63) is 70.1 Å². The molecule has 198 valence electrons. The topological polar surface area (TPSA) is 76.0 Å².